The molecule has 3 rings (SSSR count). The third-order valence-electron chi connectivity index (χ3n) is 5.06. The number of hydrogen-bond acceptors (Lipinski definition) is 5. The van der Waals surface area contributed by atoms with Crippen LogP contribution in [0.4, 0.5) is 10.6 Å². The normalized spacial score (nSPS) is 21.6. The summed E-state index contributed by atoms with van der Waals surface area (Å²) in [5, 5.41) is 3.12. The van der Waals surface area contributed by atoms with Crippen LogP contribution < -0.4 is 10.2 Å². The van der Waals surface area contributed by atoms with Gasteiger partial charge in [0.1, 0.15) is 5.82 Å². The summed E-state index contributed by atoms with van der Waals surface area (Å²) in [6, 6.07) is 6.01. The molecule has 0 bridgehead atoms. The molecule has 7 heteroatoms. The fourth-order valence-corrected chi connectivity index (χ4v) is 3.53. The highest BCUT2D eigenvalue weighted by Gasteiger charge is 2.25. The van der Waals surface area contributed by atoms with Crippen LogP contribution in [-0.2, 0) is 4.74 Å². The van der Waals surface area contributed by atoms with Gasteiger partial charge in [0.2, 0.25) is 0 Å². The molecule has 1 atom stereocenters. The number of carbonyl (C=O) groups excluding carboxylic acids is 1. The SMILES string of the molecule is COCCN1CC[C@@H](CNC(=O)N2CCN(c3ccccn3)CC2)C1. The molecule has 2 amide bonds. The fourth-order valence-electron chi connectivity index (χ4n) is 3.53. The summed E-state index contributed by atoms with van der Waals surface area (Å²) in [7, 11) is 1.74. The average Bonchev–Trinajstić information content (AvgIpc) is 3.13. The number of hydrogen-bond donors (Lipinski definition) is 1. The van der Waals surface area contributed by atoms with Gasteiger partial charge >= 0.3 is 6.03 Å². The van der Waals surface area contributed by atoms with E-state index in [9.17, 15) is 4.79 Å². The van der Waals surface area contributed by atoms with Gasteiger partial charge in [-0.15, -0.1) is 0 Å². The van der Waals surface area contributed by atoms with Crippen LogP contribution in [0.15, 0.2) is 24.4 Å². The first-order chi connectivity index (χ1) is 12.3. The van der Waals surface area contributed by atoms with Gasteiger partial charge in [-0.3, -0.25) is 0 Å². The maximum Gasteiger partial charge on any atom is 0.317 e. The van der Waals surface area contributed by atoms with Crippen molar-refractivity contribution in [3.05, 3.63) is 24.4 Å². The van der Waals surface area contributed by atoms with Gasteiger partial charge in [-0.2, -0.15) is 0 Å². The summed E-state index contributed by atoms with van der Waals surface area (Å²) in [5.41, 5.74) is 0. The molecule has 0 radical (unpaired) electrons. The van der Waals surface area contributed by atoms with Crippen LogP contribution in [0, 0.1) is 5.92 Å². The summed E-state index contributed by atoms with van der Waals surface area (Å²) < 4.78 is 5.13. The first-order valence-corrected chi connectivity index (χ1v) is 9.16. The first kappa shape index (κ1) is 17.9. The molecule has 2 aliphatic rings. The number of methoxy groups -OCH3 is 1. The van der Waals surface area contributed by atoms with E-state index in [4.69, 9.17) is 4.74 Å². The molecule has 2 saturated heterocycles. The Morgan fingerprint density at radius 3 is 2.84 bits per heavy atom. The van der Waals surface area contributed by atoms with Gasteiger partial charge < -0.3 is 24.8 Å². The second kappa shape index (κ2) is 9.01. The smallest absolute Gasteiger partial charge is 0.317 e. The molecule has 2 fully saturated rings. The van der Waals surface area contributed by atoms with E-state index in [-0.39, 0.29) is 6.03 Å². The van der Waals surface area contributed by atoms with E-state index in [0.29, 0.717) is 5.92 Å². The third-order valence-corrected chi connectivity index (χ3v) is 5.06. The van der Waals surface area contributed by atoms with E-state index in [1.165, 1.54) is 0 Å². The summed E-state index contributed by atoms with van der Waals surface area (Å²) in [6.07, 6.45) is 2.96. The highest BCUT2D eigenvalue weighted by molar-refractivity contribution is 5.74. The Hall–Kier alpha value is -1.86. The van der Waals surface area contributed by atoms with Crippen molar-refractivity contribution in [2.24, 2.45) is 5.92 Å². The minimum atomic E-state index is 0.0658. The van der Waals surface area contributed by atoms with Crippen LogP contribution in [0.3, 0.4) is 0 Å². The van der Waals surface area contributed by atoms with Crippen LogP contribution in [0.5, 0.6) is 0 Å². The molecule has 7 nitrogen and oxygen atoms in total. The molecule has 138 valence electrons. The van der Waals surface area contributed by atoms with Crippen molar-refractivity contribution in [3.63, 3.8) is 0 Å². The minimum absolute atomic E-state index is 0.0658. The number of ether oxygens (including phenoxy) is 1. The number of pyridine rings is 1. The second-order valence-corrected chi connectivity index (χ2v) is 6.80. The van der Waals surface area contributed by atoms with Crippen molar-refractivity contribution in [1.82, 2.24) is 20.1 Å². The maximum atomic E-state index is 12.4. The lowest BCUT2D eigenvalue weighted by Gasteiger charge is -2.35. The molecular formula is C18H29N5O2. The number of likely N-dealkylation sites (tertiary alicyclic amines) is 1. The number of piperazine rings is 1. The topological polar surface area (TPSA) is 60.9 Å². The van der Waals surface area contributed by atoms with E-state index in [2.05, 4.69) is 20.1 Å². The van der Waals surface area contributed by atoms with Crippen LogP contribution in [-0.4, -0.2) is 86.9 Å². The molecule has 0 aromatic carbocycles. The minimum Gasteiger partial charge on any atom is -0.383 e. The van der Waals surface area contributed by atoms with Gasteiger partial charge in [-0.05, 0) is 31.0 Å². The average molecular weight is 347 g/mol. The lowest BCUT2D eigenvalue weighted by Crippen LogP contribution is -2.52. The molecule has 0 saturated carbocycles. The molecular weight excluding hydrogens is 318 g/mol. The Kier molecular flexibility index (Phi) is 6.47. The van der Waals surface area contributed by atoms with E-state index in [1.54, 1.807) is 7.11 Å². The first-order valence-electron chi connectivity index (χ1n) is 9.16. The van der Waals surface area contributed by atoms with Crippen molar-refractivity contribution in [3.8, 4) is 0 Å². The van der Waals surface area contributed by atoms with E-state index < -0.39 is 0 Å². The lowest BCUT2D eigenvalue weighted by molar-refractivity contribution is 0.158. The number of urea groups is 1. The van der Waals surface area contributed by atoms with Crippen LogP contribution in [0.1, 0.15) is 6.42 Å². The summed E-state index contributed by atoms with van der Waals surface area (Å²) >= 11 is 0. The zero-order chi connectivity index (χ0) is 17.5. The van der Waals surface area contributed by atoms with Crippen molar-refractivity contribution in [1.29, 1.82) is 0 Å². The predicted molar refractivity (Wildman–Crippen MR) is 97.8 cm³/mol. The molecule has 2 aliphatic heterocycles. The zero-order valence-electron chi connectivity index (χ0n) is 15.1. The van der Waals surface area contributed by atoms with Crippen molar-refractivity contribution in [2.75, 3.05) is 71.0 Å². The summed E-state index contributed by atoms with van der Waals surface area (Å²) in [5.74, 6) is 1.54. The van der Waals surface area contributed by atoms with Crippen molar-refractivity contribution < 1.29 is 9.53 Å². The monoisotopic (exact) mass is 347 g/mol. The van der Waals surface area contributed by atoms with Gasteiger partial charge in [0.05, 0.1) is 6.61 Å². The predicted octanol–water partition coefficient (Wildman–Crippen LogP) is 0.882. The quantitative estimate of drug-likeness (QED) is 0.828. The molecule has 0 unspecified atom stereocenters. The summed E-state index contributed by atoms with van der Waals surface area (Å²) in [4.78, 5) is 23.3. The fraction of sp³-hybridized carbons (Fsp3) is 0.667. The second-order valence-electron chi connectivity index (χ2n) is 6.80. The van der Waals surface area contributed by atoms with Crippen LogP contribution in [0.2, 0.25) is 0 Å². The number of anilines is 1. The maximum absolute atomic E-state index is 12.4. The Bertz CT molecular complexity index is 534. The molecule has 0 spiro atoms. The van der Waals surface area contributed by atoms with Gasteiger partial charge in [0, 0.05) is 59.1 Å². The Labute approximate surface area is 149 Å². The van der Waals surface area contributed by atoms with Crippen LogP contribution in [0.25, 0.3) is 0 Å². The molecule has 1 aromatic rings. The Balaban J connectivity index is 1.36. The van der Waals surface area contributed by atoms with Gasteiger partial charge in [-0.25, -0.2) is 9.78 Å². The number of aromatic nitrogens is 1. The Morgan fingerprint density at radius 2 is 2.12 bits per heavy atom. The lowest BCUT2D eigenvalue weighted by atomic mass is 10.1. The molecule has 0 aliphatic carbocycles. The van der Waals surface area contributed by atoms with E-state index >= 15 is 0 Å². The molecule has 1 N–H and O–H groups in total. The van der Waals surface area contributed by atoms with Crippen molar-refractivity contribution in [2.45, 2.75) is 6.42 Å². The largest absolute Gasteiger partial charge is 0.383 e. The highest BCUT2D eigenvalue weighted by Crippen LogP contribution is 2.15. The number of amides is 2. The Morgan fingerprint density at radius 1 is 1.28 bits per heavy atom. The van der Waals surface area contributed by atoms with Crippen LogP contribution >= 0.6 is 0 Å². The summed E-state index contributed by atoms with van der Waals surface area (Å²) in [6.45, 7) is 7.83. The zero-order valence-corrected chi connectivity index (χ0v) is 15.1. The van der Waals surface area contributed by atoms with Gasteiger partial charge in [-0.1, -0.05) is 6.07 Å². The molecule has 1 aromatic heterocycles. The standard InChI is InChI=1S/C18H29N5O2/c1-25-13-12-21-7-5-16(15-21)14-20-18(24)23-10-8-22(9-11-23)17-4-2-3-6-19-17/h2-4,6,16H,5,7-15H2,1H3,(H,20,24)/t16-/m0/s1. The number of rotatable bonds is 6. The van der Waals surface area contributed by atoms with Crippen molar-refractivity contribution >= 4 is 11.8 Å². The van der Waals surface area contributed by atoms with E-state index in [1.807, 2.05) is 29.3 Å². The number of nitrogens with one attached hydrogen (secondary N) is 1. The molecule has 25 heavy (non-hydrogen) atoms. The van der Waals surface area contributed by atoms with E-state index in [0.717, 1.165) is 71.2 Å². The third kappa shape index (κ3) is 5.06. The highest BCUT2D eigenvalue weighted by atomic mass is 16.5. The van der Waals surface area contributed by atoms with Gasteiger partial charge in [0.25, 0.3) is 0 Å². The number of carbonyl (C=O) groups is 1. The number of nitrogens with zero attached hydrogens (tertiary/aromatic N) is 4. The molecule has 3 heterocycles. The van der Waals surface area contributed by atoms with Gasteiger partial charge in [0.15, 0.2) is 0 Å².